The number of aromatic amines is 1. The van der Waals surface area contributed by atoms with Gasteiger partial charge in [-0.1, -0.05) is 23.7 Å². The van der Waals surface area contributed by atoms with Crippen LogP contribution < -0.4 is 15.5 Å². The van der Waals surface area contributed by atoms with Crippen molar-refractivity contribution in [3.05, 3.63) is 71.1 Å². The number of halogens is 4. The third-order valence-corrected chi connectivity index (χ3v) is 6.23. The zero-order chi connectivity index (χ0) is 26.2. The number of benzene rings is 2. The molecular formula is C25H21ClF3N7O. The van der Waals surface area contributed by atoms with E-state index in [0.29, 0.717) is 17.7 Å². The minimum atomic E-state index is -4.56. The number of rotatable bonds is 5. The van der Waals surface area contributed by atoms with Crippen LogP contribution in [0.3, 0.4) is 0 Å². The topological polar surface area (TPSA) is 98.8 Å². The first-order valence-corrected chi connectivity index (χ1v) is 11.7. The molecule has 3 heterocycles. The molecule has 2 aromatic heterocycles. The number of H-pyrrole nitrogens is 1. The van der Waals surface area contributed by atoms with Crippen LogP contribution in [-0.2, 0) is 17.4 Å². The highest BCUT2D eigenvalue weighted by atomic mass is 35.5. The van der Waals surface area contributed by atoms with Gasteiger partial charge in [0.25, 0.3) is 0 Å². The summed E-state index contributed by atoms with van der Waals surface area (Å²) in [5.41, 5.74) is 2.50. The quantitative estimate of drug-likeness (QED) is 0.281. The van der Waals surface area contributed by atoms with Crippen LogP contribution >= 0.6 is 11.6 Å². The predicted molar refractivity (Wildman–Crippen MR) is 135 cm³/mol. The number of hydrogen-bond acceptors (Lipinski definition) is 6. The molecule has 0 bridgehead atoms. The molecule has 2 aromatic carbocycles. The smallest absolute Gasteiger partial charge is 0.344 e. The van der Waals surface area contributed by atoms with Gasteiger partial charge in [0.1, 0.15) is 10.8 Å². The van der Waals surface area contributed by atoms with Crippen LogP contribution in [0.2, 0.25) is 5.02 Å². The van der Waals surface area contributed by atoms with Gasteiger partial charge in [0.15, 0.2) is 11.5 Å². The van der Waals surface area contributed by atoms with Crippen molar-refractivity contribution in [2.24, 2.45) is 0 Å². The minimum absolute atomic E-state index is 0.0485. The van der Waals surface area contributed by atoms with Crippen LogP contribution in [0.25, 0.3) is 11.4 Å². The number of carbonyl (C=O) groups excluding carboxylic acids is 1. The summed E-state index contributed by atoms with van der Waals surface area (Å²) in [6.45, 7) is 0. The summed E-state index contributed by atoms with van der Waals surface area (Å²) in [6.07, 6.45) is -0.277. The number of nitrogens with one attached hydrogen (secondary N) is 3. The lowest BCUT2D eigenvalue weighted by Gasteiger charge is -2.18. The number of anilines is 5. The second kappa shape index (κ2) is 9.74. The SMILES string of the molecule is CN1C(=O)CCCc2cc(Nc3ncc(Cl)c(Nc4ccccc4-c4nc(C(F)(F)F)c[nH]4)n3)ccc21. The number of nitrogens with zero attached hydrogens (tertiary/aromatic N) is 4. The van der Waals surface area contributed by atoms with Gasteiger partial charge in [-0.25, -0.2) is 9.97 Å². The zero-order valence-corrected chi connectivity index (χ0v) is 20.3. The molecule has 8 nitrogen and oxygen atoms in total. The molecule has 0 fully saturated rings. The summed E-state index contributed by atoms with van der Waals surface area (Å²) in [4.78, 5) is 28.8. The maximum absolute atomic E-state index is 13.0. The van der Waals surface area contributed by atoms with Gasteiger partial charge in [-0.05, 0) is 48.7 Å². The maximum atomic E-state index is 13.0. The molecule has 4 aromatic rings. The molecular weight excluding hydrogens is 507 g/mol. The van der Waals surface area contributed by atoms with Crippen molar-refractivity contribution < 1.29 is 18.0 Å². The summed E-state index contributed by atoms with van der Waals surface area (Å²) in [6, 6.07) is 12.4. The van der Waals surface area contributed by atoms with Gasteiger partial charge < -0.3 is 20.5 Å². The molecule has 0 saturated carbocycles. The molecule has 5 rings (SSSR count). The first kappa shape index (κ1) is 24.6. The monoisotopic (exact) mass is 527 g/mol. The summed E-state index contributed by atoms with van der Waals surface area (Å²) in [7, 11) is 1.77. The van der Waals surface area contributed by atoms with E-state index in [1.54, 1.807) is 36.2 Å². The number of alkyl halides is 3. The number of para-hydroxylation sites is 1. The van der Waals surface area contributed by atoms with Gasteiger partial charge in [-0.3, -0.25) is 4.79 Å². The van der Waals surface area contributed by atoms with Gasteiger partial charge >= 0.3 is 6.18 Å². The molecule has 12 heteroatoms. The molecule has 3 N–H and O–H groups in total. The molecule has 0 radical (unpaired) electrons. The minimum Gasteiger partial charge on any atom is -0.344 e. The van der Waals surface area contributed by atoms with Crippen molar-refractivity contribution in [2.75, 3.05) is 22.6 Å². The van der Waals surface area contributed by atoms with E-state index in [2.05, 4.69) is 30.6 Å². The summed E-state index contributed by atoms with van der Waals surface area (Å²) in [5.74, 6) is 0.655. The van der Waals surface area contributed by atoms with Crippen molar-refractivity contribution in [3.8, 4) is 11.4 Å². The van der Waals surface area contributed by atoms with Gasteiger partial charge in [0, 0.05) is 36.6 Å². The van der Waals surface area contributed by atoms with E-state index in [9.17, 15) is 18.0 Å². The fourth-order valence-corrected chi connectivity index (χ4v) is 4.24. The maximum Gasteiger partial charge on any atom is 0.434 e. The molecule has 0 spiro atoms. The van der Waals surface area contributed by atoms with Crippen molar-refractivity contribution in [2.45, 2.75) is 25.4 Å². The Morgan fingerprint density at radius 3 is 2.68 bits per heavy atom. The van der Waals surface area contributed by atoms with Gasteiger partial charge in [0.2, 0.25) is 11.9 Å². The highest BCUT2D eigenvalue weighted by molar-refractivity contribution is 6.33. The number of fused-ring (bicyclic) bond motifs is 1. The lowest BCUT2D eigenvalue weighted by molar-refractivity contribution is -0.140. The third-order valence-electron chi connectivity index (χ3n) is 5.96. The molecule has 37 heavy (non-hydrogen) atoms. The number of imidazole rings is 1. The van der Waals surface area contributed by atoms with Gasteiger partial charge in [-0.15, -0.1) is 0 Å². The summed E-state index contributed by atoms with van der Waals surface area (Å²) in [5, 5.41) is 6.45. The first-order valence-electron chi connectivity index (χ1n) is 11.4. The second-order valence-corrected chi connectivity index (χ2v) is 8.87. The predicted octanol–water partition coefficient (Wildman–Crippen LogP) is 6.33. The Hall–Kier alpha value is -4.12. The summed E-state index contributed by atoms with van der Waals surface area (Å²) >= 11 is 6.33. The Balaban J connectivity index is 1.40. The standard InChI is InChI=1S/C25H21ClF3N7O/c1-36-19-10-9-15(11-14(19)5-4-8-21(36)37)32-24-31-12-17(26)23(35-24)33-18-7-3-2-6-16(18)22-30-13-20(34-22)25(27,28)29/h2-3,6-7,9-13H,4-5,8H2,1H3,(H,30,34)(H2,31,32,33,35). The van der Waals surface area contributed by atoms with E-state index in [1.807, 2.05) is 18.2 Å². The van der Waals surface area contributed by atoms with Crippen LogP contribution in [0.15, 0.2) is 54.9 Å². The normalized spacial score (nSPS) is 13.8. The fourth-order valence-electron chi connectivity index (χ4n) is 4.10. The van der Waals surface area contributed by atoms with Gasteiger partial charge in [-0.2, -0.15) is 18.2 Å². The van der Waals surface area contributed by atoms with Crippen molar-refractivity contribution >= 4 is 46.3 Å². The van der Waals surface area contributed by atoms with E-state index in [4.69, 9.17) is 11.6 Å². The Morgan fingerprint density at radius 2 is 1.89 bits per heavy atom. The van der Waals surface area contributed by atoms with Crippen LogP contribution in [0.5, 0.6) is 0 Å². The molecule has 1 aliphatic rings. The summed E-state index contributed by atoms with van der Waals surface area (Å²) < 4.78 is 39.1. The lowest BCUT2D eigenvalue weighted by atomic mass is 10.1. The number of aryl methyl sites for hydroxylation is 1. The van der Waals surface area contributed by atoms with Crippen LogP contribution in [0.4, 0.5) is 42.0 Å². The average molecular weight is 528 g/mol. The number of amides is 1. The van der Waals surface area contributed by atoms with Gasteiger partial charge in [0.05, 0.1) is 11.9 Å². The van der Waals surface area contributed by atoms with E-state index in [1.165, 1.54) is 6.20 Å². The molecule has 190 valence electrons. The third kappa shape index (κ3) is 5.21. The van der Waals surface area contributed by atoms with E-state index in [-0.39, 0.29) is 28.5 Å². The highest BCUT2D eigenvalue weighted by Gasteiger charge is 2.34. The zero-order valence-electron chi connectivity index (χ0n) is 19.5. The van der Waals surface area contributed by atoms with E-state index in [0.717, 1.165) is 36.0 Å². The van der Waals surface area contributed by atoms with Crippen molar-refractivity contribution in [1.29, 1.82) is 0 Å². The van der Waals surface area contributed by atoms with Crippen LogP contribution in [-0.4, -0.2) is 32.9 Å². The van der Waals surface area contributed by atoms with E-state index >= 15 is 0 Å². The van der Waals surface area contributed by atoms with Crippen molar-refractivity contribution in [1.82, 2.24) is 19.9 Å². The number of aromatic nitrogens is 4. The van der Waals surface area contributed by atoms with Crippen molar-refractivity contribution in [3.63, 3.8) is 0 Å². The Bertz CT molecular complexity index is 1470. The molecule has 1 amide bonds. The first-order chi connectivity index (χ1) is 17.7. The fraction of sp³-hybridized carbons (Fsp3) is 0.200. The van der Waals surface area contributed by atoms with Crippen LogP contribution in [0, 0.1) is 0 Å². The Morgan fingerprint density at radius 1 is 1.08 bits per heavy atom. The van der Waals surface area contributed by atoms with E-state index < -0.39 is 11.9 Å². The van der Waals surface area contributed by atoms with Crippen LogP contribution in [0.1, 0.15) is 24.1 Å². The largest absolute Gasteiger partial charge is 0.434 e. The Kier molecular flexibility index (Phi) is 6.46. The molecule has 0 saturated heterocycles. The number of carbonyl (C=O) groups is 1. The average Bonchev–Trinajstić information content (AvgIpc) is 3.32. The highest BCUT2D eigenvalue weighted by Crippen LogP contribution is 2.34. The molecule has 1 aliphatic heterocycles. The molecule has 0 atom stereocenters. The molecule has 0 aliphatic carbocycles. The number of hydrogen-bond donors (Lipinski definition) is 3. The lowest BCUT2D eigenvalue weighted by Crippen LogP contribution is -2.24. The second-order valence-electron chi connectivity index (χ2n) is 8.47. The molecule has 0 unspecified atom stereocenters. The Labute approximate surface area is 214 Å².